The molecule has 0 saturated heterocycles. The van der Waals surface area contributed by atoms with Gasteiger partial charge < -0.3 is 15.3 Å². The zero-order valence-corrected chi connectivity index (χ0v) is 14.3. The molecule has 4 nitrogen and oxygen atoms in total. The molecule has 0 aliphatic heterocycles. The first kappa shape index (κ1) is 17.3. The van der Waals surface area contributed by atoms with Crippen molar-refractivity contribution in [2.75, 3.05) is 31.5 Å². The highest BCUT2D eigenvalue weighted by molar-refractivity contribution is 6.42. The van der Waals surface area contributed by atoms with Crippen molar-refractivity contribution < 1.29 is 5.11 Å². The average Bonchev–Trinajstić information content (AvgIpc) is 2.51. The highest BCUT2D eigenvalue weighted by Gasteiger charge is 2.11. The Bertz CT molecular complexity index is 632. The van der Waals surface area contributed by atoms with Gasteiger partial charge in [0.1, 0.15) is 0 Å². The number of benzene rings is 1. The number of rotatable bonds is 7. The average molecular weight is 342 g/mol. The van der Waals surface area contributed by atoms with Crippen molar-refractivity contribution in [3.8, 4) is 0 Å². The summed E-state index contributed by atoms with van der Waals surface area (Å²) in [7, 11) is 0. The number of hydrogen-bond acceptors (Lipinski definition) is 4. The fourth-order valence-corrected chi connectivity index (χ4v) is 2.69. The summed E-state index contributed by atoms with van der Waals surface area (Å²) in [5.74, 6) is 0. The second kappa shape index (κ2) is 7.97. The van der Waals surface area contributed by atoms with Crippen molar-refractivity contribution in [2.24, 2.45) is 0 Å². The molecule has 0 unspecified atom stereocenters. The van der Waals surface area contributed by atoms with Gasteiger partial charge in [0, 0.05) is 30.4 Å². The minimum atomic E-state index is -0.439. The van der Waals surface area contributed by atoms with Crippen LogP contribution in [-0.2, 0) is 0 Å². The Morgan fingerprint density at radius 1 is 1.23 bits per heavy atom. The van der Waals surface area contributed by atoms with Crippen molar-refractivity contribution in [1.82, 2.24) is 9.88 Å². The zero-order valence-electron chi connectivity index (χ0n) is 12.8. The van der Waals surface area contributed by atoms with Crippen LogP contribution in [0.5, 0.6) is 0 Å². The van der Waals surface area contributed by atoms with Gasteiger partial charge in [-0.25, -0.2) is 0 Å². The first-order valence-corrected chi connectivity index (χ1v) is 8.18. The number of aliphatic hydroxyl groups is 1. The number of aromatic nitrogens is 1. The third kappa shape index (κ3) is 4.23. The summed E-state index contributed by atoms with van der Waals surface area (Å²) in [5, 5.41) is 15.3. The van der Waals surface area contributed by atoms with Crippen LogP contribution in [0.1, 0.15) is 13.8 Å². The zero-order chi connectivity index (χ0) is 16.1. The van der Waals surface area contributed by atoms with Gasteiger partial charge in [0.25, 0.3) is 0 Å². The largest absolute Gasteiger partial charge is 0.390 e. The number of nitrogens with one attached hydrogen (secondary N) is 1. The Hall–Kier alpha value is -1.07. The summed E-state index contributed by atoms with van der Waals surface area (Å²) in [5.41, 5.74) is 1.67. The SMILES string of the molecule is CCN(CC)C[C@H](O)CNc1ccnc2cc(Cl)c(Cl)cc12. The molecule has 1 atom stereocenters. The molecule has 0 aliphatic rings. The lowest BCUT2D eigenvalue weighted by atomic mass is 10.2. The van der Waals surface area contributed by atoms with Crippen molar-refractivity contribution in [3.63, 3.8) is 0 Å². The number of anilines is 1. The second-order valence-electron chi connectivity index (χ2n) is 5.16. The summed E-state index contributed by atoms with van der Waals surface area (Å²) in [6.07, 6.45) is 1.27. The first-order chi connectivity index (χ1) is 10.5. The van der Waals surface area contributed by atoms with Gasteiger partial charge in [0.15, 0.2) is 0 Å². The molecule has 0 aliphatic carbocycles. The highest BCUT2D eigenvalue weighted by Crippen LogP contribution is 2.30. The molecule has 1 heterocycles. The van der Waals surface area contributed by atoms with Gasteiger partial charge in [0.05, 0.1) is 21.7 Å². The van der Waals surface area contributed by atoms with Crippen molar-refractivity contribution in [2.45, 2.75) is 20.0 Å². The Kier molecular flexibility index (Phi) is 6.26. The molecule has 0 radical (unpaired) electrons. The number of hydrogen-bond donors (Lipinski definition) is 2. The van der Waals surface area contributed by atoms with E-state index in [-0.39, 0.29) is 0 Å². The minimum Gasteiger partial charge on any atom is -0.390 e. The van der Waals surface area contributed by atoms with Crippen molar-refractivity contribution >= 4 is 39.8 Å². The number of nitrogens with zero attached hydrogens (tertiary/aromatic N) is 2. The van der Waals surface area contributed by atoms with E-state index in [4.69, 9.17) is 23.2 Å². The van der Waals surface area contributed by atoms with Crippen molar-refractivity contribution in [1.29, 1.82) is 0 Å². The Balaban J connectivity index is 2.10. The number of halogens is 2. The molecule has 0 spiro atoms. The molecule has 120 valence electrons. The molecule has 2 rings (SSSR count). The van der Waals surface area contributed by atoms with Gasteiger partial charge in [-0.3, -0.25) is 4.98 Å². The molecule has 0 bridgehead atoms. The monoisotopic (exact) mass is 341 g/mol. The molecule has 0 amide bonds. The Morgan fingerprint density at radius 2 is 1.91 bits per heavy atom. The fourth-order valence-electron chi connectivity index (χ4n) is 2.37. The Labute approximate surface area is 141 Å². The van der Waals surface area contributed by atoms with Crippen LogP contribution in [0.4, 0.5) is 5.69 Å². The lowest BCUT2D eigenvalue weighted by Crippen LogP contribution is -2.35. The van der Waals surface area contributed by atoms with Crippen LogP contribution in [0.25, 0.3) is 10.9 Å². The standard InChI is InChI=1S/C16H21Cl2N3O/c1-3-21(4-2)10-11(22)9-20-15-5-6-19-16-8-14(18)13(17)7-12(15)16/h5-8,11,22H,3-4,9-10H2,1-2H3,(H,19,20)/t11-/m1/s1. The van der Waals surface area contributed by atoms with E-state index in [9.17, 15) is 5.11 Å². The third-order valence-electron chi connectivity index (χ3n) is 3.68. The predicted octanol–water partition coefficient (Wildman–Crippen LogP) is 3.66. The summed E-state index contributed by atoms with van der Waals surface area (Å²) in [4.78, 5) is 6.48. The van der Waals surface area contributed by atoms with E-state index in [1.54, 1.807) is 18.3 Å². The fraction of sp³-hybridized carbons (Fsp3) is 0.438. The molecule has 2 N–H and O–H groups in total. The van der Waals surface area contributed by atoms with Crippen LogP contribution in [0, 0.1) is 0 Å². The number of aliphatic hydroxyl groups excluding tert-OH is 1. The van der Waals surface area contributed by atoms with Gasteiger partial charge in [-0.1, -0.05) is 37.0 Å². The van der Waals surface area contributed by atoms with Crippen molar-refractivity contribution in [3.05, 3.63) is 34.4 Å². The lowest BCUT2D eigenvalue weighted by Gasteiger charge is -2.22. The molecule has 0 saturated carbocycles. The molecule has 1 aromatic carbocycles. The first-order valence-electron chi connectivity index (χ1n) is 7.43. The maximum atomic E-state index is 10.1. The number of pyridine rings is 1. The van der Waals surface area contributed by atoms with E-state index in [1.807, 2.05) is 6.07 Å². The van der Waals surface area contributed by atoms with Gasteiger partial charge in [0.2, 0.25) is 0 Å². The van der Waals surface area contributed by atoms with E-state index < -0.39 is 6.10 Å². The van der Waals surface area contributed by atoms with Crippen LogP contribution < -0.4 is 5.32 Å². The van der Waals surface area contributed by atoms with E-state index >= 15 is 0 Å². The molecule has 6 heteroatoms. The quantitative estimate of drug-likeness (QED) is 0.806. The maximum Gasteiger partial charge on any atom is 0.0839 e. The molecular weight excluding hydrogens is 321 g/mol. The maximum absolute atomic E-state index is 10.1. The van der Waals surface area contributed by atoms with Gasteiger partial charge in [-0.05, 0) is 31.3 Å². The molecule has 22 heavy (non-hydrogen) atoms. The molecule has 0 fully saturated rings. The molecule has 2 aromatic rings. The topological polar surface area (TPSA) is 48.4 Å². The van der Waals surface area contributed by atoms with Crippen LogP contribution >= 0.6 is 23.2 Å². The minimum absolute atomic E-state index is 0.439. The highest BCUT2D eigenvalue weighted by atomic mass is 35.5. The molecular formula is C16H21Cl2N3O. The smallest absolute Gasteiger partial charge is 0.0839 e. The van der Waals surface area contributed by atoms with Gasteiger partial charge in [-0.2, -0.15) is 0 Å². The summed E-state index contributed by atoms with van der Waals surface area (Å²) in [6.45, 7) is 7.16. The molecule has 1 aromatic heterocycles. The van der Waals surface area contributed by atoms with E-state index in [2.05, 4.69) is 29.0 Å². The van der Waals surface area contributed by atoms with E-state index in [1.165, 1.54) is 0 Å². The lowest BCUT2D eigenvalue weighted by molar-refractivity contribution is 0.128. The van der Waals surface area contributed by atoms with Gasteiger partial charge in [-0.15, -0.1) is 0 Å². The van der Waals surface area contributed by atoms with Crippen LogP contribution in [0.15, 0.2) is 24.4 Å². The summed E-state index contributed by atoms with van der Waals surface area (Å²) in [6, 6.07) is 5.42. The van der Waals surface area contributed by atoms with E-state index in [0.29, 0.717) is 23.1 Å². The Morgan fingerprint density at radius 3 is 2.59 bits per heavy atom. The van der Waals surface area contributed by atoms with Crippen LogP contribution in [-0.4, -0.2) is 47.3 Å². The predicted molar refractivity (Wildman–Crippen MR) is 94.0 cm³/mol. The van der Waals surface area contributed by atoms with E-state index in [0.717, 1.165) is 29.7 Å². The second-order valence-corrected chi connectivity index (χ2v) is 5.98. The normalized spacial score (nSPS) is 12.8. The van der Waals surface area contributed by atoms with Crippen LogP contribution in [0.3, 0.4) is 0 Å². The number of fused-ring (bicyclic) bond motifs is 1. The summed E-state index contributed by atoms with van der Waals surface area (Å²) < 4.78 is 0. The third-order valence-corrected chi connectivity index (χ3v) is 4.40. The van der Waals surface area contributed by atoms with Gasteiger partial charge >= 0.3 is 0 Å². The van der Waals surface area contributed by atoms with Crippen LogP contribution in [0.2, 0.25) is 10.0 Å². The summed E-state index contributed by atoms with van der Waals surface area (Å²) >= 11 is 12.1. The number of likely N-dealkylation sites (N-methyl/N-ethyl adjacent to an activating group) is 1.